The van der Waals surface area contributed by atoms with E-state index in [0.717, 1.165) is 16.0 Å². The van der Waals surface area contributed by atoms with E-state index in [4.69, 9.17) is 11.6 Å². The van der Waals surface area contributed by atoms with E-state index >= 15 is 0 Å². The molecule has 1 atom stereocenters. The third kappa shape index (κ3) is 4.34. The topological polar surface area (TPSA) is 12.0 Å². The molecule has 0 spiro atoms. The number of nitrogens with one attached hydrogen (secondary N) is 1. The quantitative estimate of drug-likeness (QED) is 0.649. The Kier molecular flexibility index (Phi) is 6.60. The maximum absolute atomic E-state index is 6.26. The molecule has 0 saturated heterocycles. The monoisotopic (exact) mass is 355 g/mol. The van der Waals surface area contributed by atoms with Gasteiger partial charge in [0.05, 0.1) is 11.1 Å². The molecular formula is C17H23BrClN. The molecule has 2 rings (SSSR count). The van der Waals surface area contributed by atoms with Gasteiger partial charge in [-0.05, 0) is 65.9 Å². The lowest BCUT2D eigenvalue weighted by atomic mass is 9.91. The molecule has 110 valence electrons. The van der Waals surface area contributed by atoms with Crippen molar-refractivity contribution in [3.05, 3.63) is 44.9 Å². The number of likely N-dealkylation sites (N-methyl/N-ethyl adjacent to an activating group) is 1. The lowest BCUT2D eigenvalue weighted by molar-refractivity contribution is 0.554. The highest BCUT2D eigenvalue weighted by Crippen LogP contribution is 2.32. The first-order valence-corrected chi connectivity index (χ1v) is 8.76. The Hall–Kier alpha value is -0.310. The molecule has 0 amide bonds. The highest BCUT2D eigenvalue weighted by atomic mass is 79.9. The molecule has 20 heavy (non-hydrogen) atoms. The molecule has 0 fully saturated rings. The molecule has 1 aromatic rings. The summed E-state index contributed by atoms with van der Waals surface area (Å²) >= 11 is 9.73. The van der Waals surface area contributed by atoms with Crippen LogP contribution in [0.1, 0.15) is 57.1 Å². The van der Waals surface area contributed by atoms with Crippen molar-refractivity contribution >= 4 is 27.5 Å². The summed E-state index contributed by atoms with van der Waals surface area (Å²) in [6.07, 6.45) is 10.2. The molecule has 0 heterocycles. The summed E-state index contributed by atoms with van der Waals surface area (Å²) in [5.74, 6) is 0. The minimum absolute atomic E-state index is 0.309. The second kappa shape index (κ2) is 8.21. The summed E-state index contributed by atoms with van der Waals surface area (Å²) in [5.41, 5.74) is 2.80. The van der Waals surface area contributed by atoms with Crippen molar-refractivity contribution in [2.24, 2.45) is 0 Å². The van der Waals surface area contributed by atoms with Gasteiger partial charge in [0.1, 0.15) is 0 Å². The first-order valence-electron chi connectivity index (χ1n) is 7.59. The van der Waals surface area contributed by atoms with Crippen LogP contribution in [0, 0.1) is 0 Å². The van der Waals surface area contributed by atoms with Gasteiger partial charge in [0.2, 0.25) is 0 Å². The summed E-state index contributed by atoms with van der Waals surface area (Å²) in [5, 5.41) is 4.41. The maximum atomic E-state index is 6.26. The van der Waals surface area contributed by atoms with Crippen molar-refractivity contribution in [2.75, 3.05) is 6.54 Å². The molecule has 1 nitrogen and oxygen atoms in total. The molecular weight excluding hydrogens is 334 g/mol. The smallest absolute Gasteiger partial charge is 0.0551 e. The second-order valence-electron chi connectivity index (χ2n) is 5.40. The Balaban J connectivity index is 2.26. The Bertz CT molecular complexity index is 470. The molecule has 1 N–H and O–H groups in total. The van der Waals surface area contributed by atoms with Gasteiger partial charge in [-0.3, -0.25) is 0 Å². The number of hydrogen-bond donors (Lipinski definition) is 1. The second-order valence-corrected chi connectivity index (χ2v) is 6.66. The number of halogens is 2. The average molecular weight is 357 g/mol. The summed E-state index contributed by atoms with van der Waals surface area (Å²) in [4.78, 5) is 0. The van der Waals surface area contributed by atoms with Crippen LogP contribution in [-0.2, 0) is 0 Å². The number of allylic oxidation sites excluding steroid dienone is 1. The molecule has 0 radical (unpaired) electrons. The average Bonchev–Trinajstić information content (AvgIpc) is 2.40. The Labute approximate surface area is 135 Å². The highest BCUT2D eigenvalue weighted by Gasteiger charge is 2.17. The van der Waals surface area contributed by atoms with E-state index in [0.29, 0.717) is 6.04 Å². The zero-order chi connectivity index (χ0) is 14.4. The van der Waals surface area contributed by atoms with Gasteiger partial charge in [-0.15, -0.1) is 0 Å². The van der Waals surface area contributed by atoms with Crippen LogP contribution in [0.2, 0.25) is 5.02 Å². The van der Waals surface area contributed by atoms with Gasteiger partial charge in [-0.2, -0.15) is 0 Å². The Morgan fingerprint density at radius 2 is 2.05 bits per heavy atom. The summed E-state index contributed by atoms with van der Waals surface area (Å²) in [6.45, 7) is 3.13. The number of hydrogen-bond acceptors (Lipinski definition) is 1. The van der Waals surface area contributed by atoms with E-state index in [9.17, 15) is 0 Å². The molecule has 1 aromatic carbocycles. The van der Waals surface area contributed by atoms with Crippen LogP contribution >= 0.6 is 27.5 Å². The van der Waals surface area contributed by atoms with E-state index in [-0.39, 0.29) is 0 Å². The number of rotatable bonds is 4. The molecule has 0 aromatic heterocycles. The van der Waals surface area contributed by atoms with Crippen LogP contribution in [0.4, 0.5) is 0 Å². The lowest BCUT2D eigenvalue weighted by Crippen LogP contribution is -2.23. The summed E-state index contributed by atoms with van der Waals surface area (Å²) in [6, 6.07) is 6.61. The Morgan fingerprint density at radius 1 is 1.25 bits per heavy atom. The lowest BCUT2D eigenvalue weighted by Gasteiger charge is -2.24. The van der Waals surface area contributed by atoms with Crippen molar-refractivity contribution in [1.82, 2.24) is 5.32 Å². The van der Waals surface area contributed by atoms with E-state index in [1.54, 1.807) is 0 Å². The van der Waals surface area contributed by atoms with E-state index in [1.165, 1.54) is 49.7 Å². The summed E-state index contributed by atoms with van der Waals surface area (Å²) in [7, 11) is 0. The van der Waals surface area contributed by atoms with Crippen LogP contribution < -0.4 is 5.32 Å². The fourth-order valence-corrected chi connectivity index (χ4v) is 3.27. The van der Waals surface area contributed by atoms with E-state index < -0.39 is 0 Å². The van der Waals surface area contributed by atoms with Crippen LogP contribution in [0.15, 0.2) is 34.3 Å². The molecule has 3 heteroatoms. The molecule has 0 aliphatic heterocycles. The molecule has 1 aliphatic rings. The normalized spacial score (nSPS) is 20.6. The molecule has 1 aliphatic carbocycles. The van der Waals surface area contributed by atoms with Gasteiger partial charge >= 0.3 is 0 Å². The predicted octanol–water partition coefficient (Wildman–Crippen LogP) is 6.03. The first-order chi connectivity index (χ1) is 9.72. The van der Waals surface area contributed by atoms with Crippen LogP contribution in [0.5, 0.6) is 0 Å². The first kappa shape index (κ1) is 16.1. The SMILES string of the molecule is CCNC(/C1=C/CCCCCC1)c1ccc(Br)c(Cl)c1. The number of benzene rings is 1. The van der Waals surface area contributed by atoms with Crippen molar-refractivity contribution < 1.29 is 0 Å². The van der Waals surface area contributed by atoms with Crippen molar-refractivity contribution in [1.29, 1.82) is 0 Å². The van der Waals surface area contributed by atoms with Crippen LogP contribution in [-0.4, -0.2) is 6.54 Å². The van der Waals surface area contributed by atoms with E-state index in [2.05, 4.69) is 46.4 Å². The van der Waals surface area contributed by atoms with Crippen LogP contribution in [0.25, 0.3) is 0 Å². The molecule has 1 unspecified atom stereocenters. The van der Waals surface area contributed by atoms with Gasteiger partial charge < -0.3 is 5.32 Å². The van der Waals surface area contributed by atoms with Crippen molar-refractivity contribution in [2.45, 2.75) is 51.5 Å². The standard InChI is InChI=1S/C17H23BrClN/c1-2-20-17(13-8-6-4-3-5-7-9-13)14-10-11-15(18)16(19)12-14/h8,10-12,17,20H,2-7,9H2,1H3/b13-8+. The predicted molar refractivity (Wildman–Crippen MR) is 91.4 cm³/mol. The fourth-order valence-electron chi connectivity index (χ4n) is 2.84. The van der Waals surface area contributed by atoms with Gasteiger partial charge in [-0.25, -0.2) is 0 Å². The van der Waals surface area contributed by atoms with Gasteiger partial charge in [0.25, 0.3) is 0 Å². The van der Waals surface area contributed by atoms with Crippen LogP contribution in [0.3, 0.4) is 0 Å². The van der Waals surface area contributed by atoms with Gasteiger partial charge in [0.15, 0.2) is 0 Å². The fraction of sp³-hybridized carbons (Fsp3) is 0.529. The largest absolute Gasteiger partial charge is 0.307 e. The van der Waals surface area contributed by atoms with E-state index in [1.807, 2.05) is 6.07 Å². The maximum Gasteiger partial charge on any atom is 0.0551 e. The third-order valence-corrected chi connectivity index (χ3v) is 5.11. The van der Waals surface area contributed by atoms with Crippen molar-refractivity contribution in [3.8, 4) is 0 Å². The zero-order valence-corrected chi connectivity index (χ0v) is 14.4. The minimum atomic E-state index is 0.309. The molecule has 0 bridgehead atoms. The highest BCUT2D eigenvalue weighted by molar-refractivity contribution is 9.10. The Morgan fingerprint density at radius 3 is 2.80 bits per heavy atom. The van der Waals surface area contributed by atoms with Crippen molar-refractivity contribution in [3.63, 3.8) is 0 Å². The molecule has 0 saturated carbocycles. The zero-order valence-electron chi connectivity index (χ0n) is 12.1. The summed E-state index contributed by atoms with van der Waals surface area (Å²) < 4.78 is 0.963. The van der Waals surface area contributed by atoms with Gasteiger partial charge in [-0.1, -0.05) is 49.1 Å². The minimum Gasteiger partial charge on any atom is -0.307 e. The van der Waals surface area contributed by atoms with Gasteiger partial charge in [0, 0.05) is 4.47 Å². The third-order valence-electron chi connectivity index (χ3n) is 3.88.